The van der Waals surface area contributed by atoms with Gasteiger partial charge in [0.15, 0.2) is 6.42 Å². The van der Waals surface area contributed by atoms with Crippen molar-refractivity contribution in [1.29, 1.82) is 0 Å². The zero-order valence-corrected chi connectivity index (χ0v) is 29.4. The van der Waals surface area contributed by atoms with Crippen LogP contribution in [-0.4, -0.2) is 48.7 Å². The van der Waals surface area contributed by atoms with Crippen molar-refractivity contribution in [2.24, 2.45) is 41.4 Å². The first kappa shape index (κ1) is 35.0. The maximum atomic E-state index is 12.6. The number of hydrogen-bond donors (Lipinski definition) is 0. The molecule has 7 aliphatic rings. The summed E-state index contributed by atoms with van der Waals surface area (Å²) in [5.41, 5.74) is 0.701. The van der Waals surface area contributed by atoms with E-state index in [-0.39, 0.29) is 36.4 Å². The smallest absolute Gasteiger partial charge is 0.466 e. The number of carbonyl (C=O) groups excluding carboxylic acids is 2. The van der Waals surface area contributed by atoms with E-state index in [1.807, 2.05) is 12.2 Å². The quantitative estimate of drug-likeness (QED) is 0.131. The summed E-state index contributed by atoms with van der Waals surface area (Å²) < 4.78 is 21.5. The van der Waals surface area contributed by atoms with Crippen molar-refractivity contribution in [2.45, 2.75) is 73.9 Å². The fraction of sp³-hybridized carbons (Fsp3) is 0.500. The molecule has 264 valence electrons. The summed E-state index contributed by atoms with van der Waals surface area (Å²) in [7, 11) is 2.63. The molecular formula is C42H40N4O6. The standard InChI is InChI=1S/2C21H20N2O3/c1-12-17-16-14-6-5-13(9-14)10-15(16)21(22-2,23-3)11-19(17)7-8-20(12,26-19)18(24)25-4;1-5-6-17-15-8-7-14(11-15)12-18(17)21(22-2,23-3)13-16-9-10-19(26-16)20(24)25-4/h7-8,10,13-14,16-17H,1,5-6,9,11H2,4H3;6,9-10,12,14-15,17H,1,7-8,11,13H2,4H3/t13-,14+,16-,17+,19-,20-;14-,15+,17-/m00/s1. The highest BCUT2D eigenvalue weighted by Crippen LogP contribution is 2.68. The number of rotatable bonds is 6. The number of allylic oxidation sites excluding steroid dienone is 3. The average Bonchev–Trinajstić information content (AvgIpc) is 4.00. The lowest BCUT2D eigenvalue weighted by Crippen LogP contribution is -2.54. The minimum Gasteiger partial charge on any atom is -0.466 e. The molecular weight excluding hydrogens is 656 g/mol. The van der Waals surface area contributed by atoms with E-state index in [1.165, 1.54) is 20.3 Å². The third-order valence-corrected chi connectivity index (χ3v) is 12.7. The molecule has 1 saturated heterocycles. The number of fused-ring (bicyclic) bond motifs is 8. The van der Waals surface area contributed by atoms with Gasteiger partial charge in [-0.3, -0.25) is 0 Å². The number of ether oxygens (including phenoxy) is 3. The Labute approximate surface area is 304 Å². The van der Waals surface area contributed by atoms with Crippen LogP contribution < -0.4 is 0 Å². The van der Waals surface area contributed by atoms with Gasteiger partial charge in [-0.25, -0.2) is 55.3 Å². The Kier molecular flexibility index (Phi) is 8.55. The maximum Gasteiger partial charge on any atom is 0.513 e. The van der Waals surface area contributed by atoms with Gasteiger partial charge in [0.1, 0.15) is 28.9 Å². The largest absolute Gasteiger partial charge is 0.513 e. The molecule has 0 N–H and O–H groups in total. The predicted octanol–water partition coefficient (Wildman–Crippen LogP) is 7.78. The molecule has 3 saturated carbocycles. The highest BCUT2D eigenvalue weighted by molar-refractivity contribution is 5.89. The van der Waals surface area contributed by atoms with E-state index in [2.05, 4.69) is 55.2 Å². The summed E-state index contributed by atoms with van der Waals surface area (Å²) in [5.74, 6) is 1.20. The number of esters is 2. The van der Waals surface area contributed by atoms with E-state index in [1.54, 1.807) is 12.1 Å². The first-order chi connectivity index (χ1) is 25.0. The highest BCUT2D eigenvalue weighted by atomic mass is 16.6. The van der Waals surface area contributed by atoms with Gasteiger partial charge in [-0.15, -0.1) is 5.73 Å². The fourth-order valence-corrected chi connectivity index (χ4v) is 10.5. The van der Waals surface area contributed by atoms with Crippen LogP contribution in [0.25, 0.3) is 19.4 Å². The first-order valence-corrected chi connectivity index (χ1v) is 17.7. The van der Waals surface area contributed by atoms with Gasteiger partial charge in [-0.05, 0) is 92.1 Å². The normalized spacial score (nSPS) is 35.0. The molecule has 0 unspecified atom stereocenters. The molecule has 1 aromatic heterocycles. The van der Waals surface area contributed by atoms with Crippen LogP contribution in [0.2, 0.25) is 0 Å². The molecule has 5 aliphatic carbocycles. The number of nitrogens with zero attached hydrogens (tertiary/aromatic N) is 4. The van der Waals surface area contributed by atoms with Gasteiger partial charge in [0, 0.05) is 17.8 Å². The SMILES string of the molecule is [C-]#[N+]C(Cc1ccc(C(=O)OC)o1)([N+]#[C-])C1=C[C@H]2CC[C@H](C2)[C@@H]1C=C=C.[C-]#[N+]C1([N+]#[C-])C[C@]23C=C[C@](C(=O)OC)(O2)C(=C)[C@@H]3[C@@H]2C1=C[C@H]1CC[C@@H]2C1. The Bertz CT molecular complexity index is 2030. The molecule has 0 aromatic carbocycles. The zero-order chi connectivity index (χ0) is 37.1. The van der Waals surface area contributed by atoms with Crippen molar-refractivity contribution in [3.05, 3.63) is 135 Å². The number of carbonyl (C=O) groups is 2. The number of hydrogen-bond acceptors (Lipinski definition) is 6. The summed E-state index contributed by atoms with van der Waals surface area (Å²) in [6.45, 7) is 39.2. The van der Waals surface area contributed by atoms with E-state index in [0.29, 0.717) is 29.4 Å². The molecule has 2 aliphatic heterocycles. The molecule has 0 amide bonds. The lowest BCUT2D eigenvalue weighted by molar-refractivity contribution is -0.162. The Morgan fingerprint density at radius 2 is 1.69 bits per heavy atom. The Morgan fingerprint density at radius 3 is 2.35 bits per heavy atom. The van der Waals surface area contributed by atoms with Crippen LogP contribution in [0.5, 0.6) is 0 Å². The van der Waals surface area contributed by atoms with Crippen molar-refractivity contribution < 1.29 is 28.2 Å². The van der Waals surface area contributed by atoms with Gasteiger partial charge in [-0.1, -0.05) is 31.4 Å². The molecule has 3 heterocycles. The highest BCUT2D eigenvalue weighted by Gasteiger charge is 2.77. The second-order valence-corrected chi connectivity index (χ2v) is 15.1. The second kappa shape index (κ2) is 12.7. The lowest BCUT2D eigenvalue weighted by atomic mass is 9.54. The third kappa shape index (κ3) is 4.98. The predicted molar refractivity (Wildman–Crippen MR) is 189 cm³/mol. The van der Waals surface area contributed by atoms with E-state index in [0.717, 1.165) is 55.2 Å². The van der Waals surface area contributed by atoms with E-state index >= 15 is 0 Å². The van der Waals surface area contributed by atoms with E-state index < -0.39 is 34.5 Å². The van der Waals surface area contributed by atoms with Crippen molar-refractivity contribution in [3.63, 3.8) is 0 Å². The molecule has 10 heteroatoms. The van der Waals surface area contributed by atoms with Crippen molar-refractivity contribution in [1.82, 2.24) is 0 Å². The monoisotopic (exact) mass is 696 g/mol. The molecule has 10 nitrogen and oxygen atoms in total. The van der Waals surface area contributed by atoms with Gasteiger partial charge in [0.05, 0.1) is 14.2 Å². The summed E-state index contributed by atoms with van der Waals surface area (Å²) >= 11 is 0. The van der Waals surface area contributed by atoms with Crippen LogP contribution in [0.1, 0.15) is 61.3 Å². The summed E-state index contributed by atoms with van der Waals surface area (Å²) in [4.78, 5) is 39.3. The molecule has 0 radical (unpaired) electrons. The molecule has 6 bridgehead atoms. The minimum atomic E-state index is -1.37. The average molecular weight is 697 g/mol. The minimum absolute atomic E-state index is 0.00416. The molecule has 52 heavy (non-hydrogen) atoms. The Hall–Kier alpha value is -5.38. The van der Waals surface area contributed by atoms with Crippen LogP contribution in [0.15, 0.2) is 82.5 Å². The number of furan rings is 1. The maximum absolute atomic E-state index is 12.6. The topological polar surface area (TPSA) is 92.4 Å². The number of methoxy groups -OCH3 is 2. The lowest BCUT2D eigenvalue weighted by Gasteiger charge is -2.46. The fourth-order valence-electron chi connectivity index (χ4n) is 10.5. The summed E-state index contributed by atoms with van der Waals surface area (Å²) in [6.07, 6.45) is 16.8. The van der Waals surface area contributed by atoms with Crippen LogP contribution in [-0.2, 0) is 25.4 Å². The zero-order valence-electron chi connectivity index (χ0n) is 29.4. The van der Waals surface area contributed by atoms with Gasteiger partial charge < -0.3 is 18.6 Å². The van der Waals surface area contributed by atoms with Crippen molar-refractivity contribution in [2.75, 3.05) is 14.2 Å². The summed E-state index contributed by atoms with van der Waals surface area (Å²) in [6, 6.07) is 3.15. The first-order valence-electron chi connectivity index (χ1n) is 17.7. The van der Waals surface area contributed by atoms with Gasteiger partial charge in [-0.2, -0.15) is 0 Å². The van der Waals surface area contributed by atoms with Gasteiger partial charge in [0.2, 0.25) is 11.4 Å². The van der Waals surface area contributed by atoms with Crippen molar-refractivity contribution in [3.8, 4) is 0 Å². The van der Waals surface area contributed by atoms with Crippen LogP contribution in [0.4, 0.5) is 0 Å². The summed E-state index contributed by atoms with van der Waals surface area (Å²) in [5, 5.41) is 0. The Morgan fingerprint density at radius 1 is 1.00 bits per heavy atom. The molecule has 1 aromatic rings. The molecule has 1 spiro atoms. The molecule has 9 atom stereocenters. The molecule has 4 fully saturated rings. The van der Waals surface area contributed by atoms with Gasteiger partial charge >= 0.3 is 23.3 Å². The third-order valence-electron chi connectivity index (χ3n) is 12.7. The van der Waals surface area contributed by atoms with Gasteiger partial charge in [0.25, 0.3) is 0 Å². The Balaban J connectivity index is 0.000000162. The van der Waals surface area contributed by atoms with Crippen LogP contribution >= 0.6 is 0 Å². The van der Waals surface area contributed by atoms with E-state index in [4.69, 9.17) is 40.2 Å². The van der Waals surface area contributed by atoms with Crippen LogP contribution in [0, 0.1) is 67.7 Å². The molecule has 8 rings (SSSR count). The van der Waals surface area contributed by atoms with Crippen LogP contribution in [0.3, 0.4) is 0 Å². The van der Waals surface area contributed by atoms with Crippen molar-refractivity contribution >= 4 is 11.9 Å². The second-order valence-electron chi connectivity index (χ2n) is 15.1. The van der Waals surface area contributed by atoms with E-state index in [9.17, 15) is 9.59 Å².